The number of rotatable bonds is 4. The Labute approximate surface area is 110 Å². The highest BCUT2D eigenvalue weighted by atomic mass is 79.9. The van der Waals surface area contributed by atoms with Crippen LogP contribution < -0.4 is 4.74 Å². The maximum Gasteiger partial charge on any atom is 0.346 e. The third-order valence-electron chi connectivity index (χ3n) is 1.95. The van der Waals surface area contributed by atoms with Gasteiger partial charge in [0, 0.05) is 33.9 Å². The number of carbonyl (C=O) groups is 1. The number of aromatic nitrogens is 1. The summed E-state index contributed by atoms with van der Waals surface area (Å²) in [6, 6.07) is 3.41. The zero-order valence-corrected chi connectivity index (χ0v) is 11.0. The van der Waals surface area contributed by atoms with E-state index in [-0.39, 0.29) is 4.88 Å². The number of halogens is 1. The molecule has 2 heterocycles. The standard InChI is InChI=1S/C11H8BrNO3S/c12-8-1-7(3-13-4-8)5-16-9-2-10(11(14)15)17-6-9/h1-4,6H,5H2,(H,14,15). The molecule has 0 saturated heterocycles. The number of pyridine rings is 1. The number of hydrogen-bond donors (Lipinski definition) is 1. The fraction of sp³-hybridized carbons (Fsp3) is 0.0909. The molecule has 0 saturated carbocycles. The van der Waals surface area contributed by atoms with Gasteiger partial charge < -0.3 is 9.84 Å². The highest BCUT2D eigenvalue weighted by Gasteiger charge is 2.07. The summed E-state index contributed by atoms with van der Waals surface area (Å²) in [6.07, 6.45) is 3.39. The highest BCUT2D eigenvalue weighted by molar-refractivity contribution is 9.10. The third-order valence-corrected chi connectivity index (χ3v) is 3.28. The van der Waals surface area contributed by atoms with Gasteiger partial charge in [-0.25, -0.2) is 4.79 Å². The molecule has 2 aromatic rings. The van der Waals surface area contributed by atoms with Gasteiger partial charge in [0.25, 0.3) is 0 Å². The summed E-state index contributed by atoms with van der Waals surface area (Å²) in [7, 11) is 0. The average Bonchev–Trinajstić information content (AvgIpc) is 2.75. The topological polar surface area (TPSA) is 59.4 Å². The van der Waals surface area contributed by atoms with Crippen LogP contribution >= 0.6 is 27.3 Å². The van der Waals surface area contributed by atoms with Gasteiger partial charge in [-0.1, -0.05) is 0 Å². The van der Waals surface area contributed by atoms with E-state index >= 15 is 0 Å². The van der Waals surface area contributed by atoms with Crippen LogP contribution in [0.15, 0.2) is 34.4 Å². The Kier molecular flexibility index (Phi) is 3.75. The second-order valence-electron chi connectivity index (χ2n) is 3.25. The molecule has 0 aliphatic rings. The molecule has 0 unspecified atom stereocenters. The van der Waals surface area contributed by atoms with Gasteiger partial charge in [-0.05, 0) is 22.0 Å². The quantitative estimate of drug-likeness (QED) is 0.941. The number of aromatic carboxylic acids is 1. The van der Waals surface area contributed by atoms with Crippen LogP contribution in [0, 0.1) is 0 Å². The van der Waals surface area contributed by atoms with Crippen molar-refractivity contribution in [2.24, 2.45) is 0 Å². The van der Waals surface area contributed by atoms with Crippen molar-refractivity contribution < 1.29 is 14.6 Å². The van der Waals surface area contributed by atoms with Gasteiger partial charge in [0.2, 0.25) is 0 Å². The first-order chi connectivity index (χ1) is 8.15. The van der Waals surface area contributed by atoms with Crippen molar-refractivity contribution in [3.8, 4) is 5.75 Å². The summed E-state index contributed by atoms with van der Waals surface area (Å²) in [5.74, 6) is -0.374. The zero-order valence-electron chi connectivity index (χ0n) is 8.59. The predicted molar refractivity (Wildman–Crippen MR) is 67.5 cm³/mol. The number of hydrogen-bond acceptors (Lipinski definition) is 4. The minimum Gasteiger partial charge on any atom is -0.488 e. The van der Waals surface area contributed by atoms with Crippen molar-refractivity contribution in [2.45, 2.75) is 6.61 Å². The van der Waals surface area contributed by atoms with Gasteiger partial charge in [-0.15, -0.1) is 11.3 Å². The van der Waals surface area contributed by atoms with Crippen LogP contribution in [0.3, 0.4) is 0 Å². The molecule has 0 aromatic carbocycles. The van der Waals surface area contributed by atoms with Gasteiger partial charge >= 0.3 is 5.97 Å². The molecule has 0 radical (unpaired) electrons. The molecule has 17 heavy (non-hydrogen) atoms. The first-order valence-electron chi connectivity index (χ1n) is 4.69. The molecule has 6 heteroatoms. The van der Waals surface area contributed by atoms with Gasteiger partial charge in [-0.2, -0.15) is 0 Å². The van der Waals surface area contributed by atoms with Crippen molar-refractivity contribution in [3.63, 3.8) is 0 Å². The Morgan fingerprint density at radius 1 is 1.47 bits per heavy atom. The fourth-order valence-electron chi connectivity index (χ4n) is 1.21. The van der Waals surface area contributed by atoms with E-state index in [0.29, 0.717) is 12.4 Å². The smallest absolute Gasteiger partial charge is 0.346 e. The summed E-state index contributed by atoms with van der Waals surface area (Å²) in [4.78, 5) is 15.0. The summed E-state index contributed by atoms with van der Waals surface area (Å²) >= 11 is 4.46. The minimum atomic E-state index is -0.936. The third kappa shape index (κ3) is 3.28. The van der Waals surface area contributed by atoms with Crippen molar-refractivity contribution in [1.29, 1.82) is 0 Å². The van der Waals surface area contributed by atoms with E-state index in [9.17, 15) is 4.79 Å². The lowest BCUT2D eigenvalue weighted by molar-refractivity contribution is 0.0702. The lowest BCUT2D eigenvalue weighted by Gasteiger charge is -2.03. The zero-order chi connectivity index (χ0) is 12.3. The number of ether oxygens (including phenoxy) is 1. The lowest BCUT2D eigenvalue weighted by atomic mass is 10.3. The highest BCUT2D eigenvalue weighted by Crippen LogP contribution is 2.22. The summed E-state index contributed by atoms with van der Waals surface area (Å²) in [5, 5.41) is 10.4. The van der Waals surface area contributed by atoms with E-state index in [4.69, 9.17) is 9.84 Å². The normalized spacial score (nSPS) is 10.2. The predicted octanol–water partition coefficient (Wildman–Crippen LogP) is 3.18. The SMILES string of the molecule is O=C(O)c1cc(OCc2cncc(Br)c2)cs1. The molecule has 88 valence electrons. The molecule has 4 nitrogen and oxygen atoms in total. The number of carboxylic acid groups (broad SMARTS) is 1. The molecule has 1 N–H and O–H groups in total. The first-order valence-corrected chi connectivity index (χ1v) is 6.36. The average molecular weight is 314 g/mol. The monoisotopic (exact) mass is 313 g/mol. The summed E-state index contributed by atoms with van der Waals surface area (Å²) in [5.41, 5.74) is 0.919. The van der Waals surface area contributed by atoms with E-state index < -0.39 is 5.97 Å². The Morgan fingerprint density at radius 2 is 2.29 bits per heavy atom. The van der Waals surface area contributed by atoms with Crippen LogP contribution in [0.2, 0.25) is 0 Å². The molecule has 0 bridgehead atoms. The van der Waals surface area contributed by atoms with Gasteiger partial charge in [0.1, 0.15) is 17.2 Å². The van der Waals surface area contributed by atoms with Crippen LogP contribution in [-0.2, 0) is 6.61 Å². The molecule has 0 aliphatic heterocycles. The number of thiophene rings is 1. The van der Waals surface area contributed by atoms with Gasteiger partial charge in [-0.3, -0.25) is 4.98 Å². The summed E-state index contributed by atoms with van der Waals surface area (Å²) < 4.78 is 6.35. The Hall–Kier alpha value is -1.40. The summed E-state index contributed by atoms with van der Waals surface area (Å²) in [6.45, 7) is 0.363. The van der Waals surface area contributed by atoms with Gasteiger partial charge in [0.15, 0.2) is 0 Å². The van der Waals surface area contributed by atoms with E-state index in [1.54, 1.807) is 17.8 Å². The lowest BCUT2D eigenvalue weighted by Crippen LogP contribution is -1.95. The maximum atomic E-state index is 10.7. The van der Waals surface area contributed by atoms with Crippen molar-refractivity contribution >= 4 is 33.2 Å². The molecular formula is C11H8BrNO3S. The minimum absolute atomic E-state index is 0.271. The number of nitrogens with zero attached hydrogens (tertiary/aromatic N) is 1. The second-order valence-corrected chi connectivity index (χ2v) is 5.08. The maximum absolute atomic E-state index is 10.7. The van der Waals surface area contributed by atoms with E-state index in [0.717, 1.165) is 21.4 Å². The van der Waals surface area contributed by atoms with Crippen LogP contribution in [0.4, 0.5) is 0 Å². The van der Waals surface area contributed by atoms with Crippen molar-refractivity contribution in [2.75, 3.05) is 0 Å². The van der Waals surface area contributed by atoms with Crippen LogP contribution in [0.1, 0.15) is 15.2 Å². The molecule has 0 spiro atoms. The van der Waals surface area contributed by atoms with Gasteiger partial charge in [0.05, 0.1) is 0 Å². The number of carboxylic acids is 1. The second kappa shape index (κ2) is 5.29. The van der Waals surface area contributed by atoms with E-state index in [2.05, 4.69) is 20.9 Å². The molecule has 0 amide bonds. The molecule has 2 rings (SSSR count). The van der Waals surface area contributed by atoms with Crippen LogP contribution in [0.5, 0.6) is 5.75 Å². The van der Waals surface area contributed by atoms with E-state index in [1.807, 2.05) is 6.07 Å². The molecular weight excluding hydrogens is 306 g/mol. The Morgan fingerprint density at radius 3 is 2.94 bits per heavy atom. The Balaban J connectivity index is 2.00. The van der Waals surface area contributed by atoms with Crippen LogP contribution in [-0.4, -0.2) is 16.1 Å². The van der Waals surface area contributed by atoms with Crippen molar-refractivity contribution in [3.05, 3.63) is 44.8 Å². The molecule has 2 aromatic heterocycles. The first kappa shape index (κ1) is 12.1. The Bertz CT molecular complexity index is 541. The largest absolute Gasteiger partial charge is 0.488 e. The molecule has 0 atom stereocenters. The molecule has 0 fully saturated rings. The fourth-order valence-corrected chi connectivity index (χ4v) is 2.28. The van der Waals surface area contributed by atoms with Crippen LogP contribution in [0.25, 0.3) is 0 Å². The molecule has 0 aliphatic carbocycles. The van der Waals surface area contributed by atoms with Crippen molar-refractivity contribution in [1.82, 2.24) is 4.98 Å². The van der Waals surface area contributed by atoms with E-state index in [1.165, 1.54) is 6.07 Å².